The molecule has 0 bridgehead atoms. The molecule has 1 aromatic heterocycles. The fourth-order valence-electron chi connectivity index (χ4n) is 3.51. The molecule has 0 saturated carbocycles. The van der Waals surface area contributed by atoms with Gasteiger partial charge in [0.15, 0.2) is 5.13 Å². The number of anilines is 1. The van der Waals surface area contributed by atoms with Crippen molar-refractivity contribution in [2.75, 3.05) is 31.1 Å². The predicted molar refractivity (Wildman–Crippen MR) is 96.2 cm³/mol. The number of sulfonamides is 1. The van der Waals surface area contributed by atoms with Gasteiger partial charge in [-0.25, -0.2) is 13.4 Å². The highest BCUT2D eigenvalue weighted by Gasteiger charge is 2.29. The minimum absolute atomic E-state index is 0.450. The first-order valence-electron chi connectivity index (χ1n) is 8.41. The van der Waals surface area contributed by atoms with Crippen molar-refractivity contribution >= 4 is 26.5 Å². The van der Waals surface area contributed by atoms with Gasteiger partial charge < -0.3 is 4.90 Å². The molecule has 0 spiro atoms. The molecule has 0 N–H and O–H groups in total. The van der Waals surface area contributed by atoms with E-state index in [4.69, 9.17) is 0 Å². The molecule has 0 amide bonds. The molecule has 1 saturated heterocycles. The molecular weight excluding hydrogens is 342 g/mol. The van der Waals surface area contributed by atoms with Gasteiger partial charge in [-0.15, -0.1) is 11.3 Å². The number of rotatable bonds is 3. The molecule has 1 aliphatic carbocycles. The van der Waals surface area contributed by atoms with Gasteiger partial charge >= 0.3 is 0 Å². The summed E-state index contributed by atoms with van der Waals surface area (Å²) in [5.41, 5.74) is 2.53. The van der Waals surface area contributed by atoms with Gasteiger partial charge in [-0.2, -0.15) is 4.31 Å². The SMILES string of the molecule is O=S(=O)(c1ccc2c(c1)CCCC2)N1CCN(c2nccs2)CC1. The zero-order chi connectivity index (χ0) is 16.6. The lowest BCUT2D eigenvalue weighted by Gasteiger charge is -2.34. The predicted octanol–water partition coefficient (Wildman–Crippen LogP) is 2.53. The fourth-order valence-corrected chi connectivity index (χ4v) is 5.68. The van der Waals surface area contributed by atoms with Crippen molar-refractivity contribution in [2.24, 2.45) is 0 Å². The van der Waals surface area contributed by atoms with Crippen LogP contribution in [-0.4, -0.2) is 43.9 Å². The third-order valence-corrected chi connectivity index (χ3v) is 7.61. The Balaban J connectivity index is 1.51. The summed E-state index contributed by atoms with van der Waals surface area (Å²) in [6, 6.07) is 5.69. The minimum atomic E-state index is -3.40. The number of fused-ring (bicyclic) bond motifs is 1. The topological polar surface area (TPSA) is 53.5 Å². The summed E-state index contributed by atoms with van der Waals surface area (Å²) < 4.78 is 27.5. The Morgan fingerprint density at radius 1 is 1.00 bits per heavy atom. The largest absolute Gasteiger partial charge is 0.345 e. The van der Waals surface area contributed by atoms with Crippen LogP contribution in [-0.2, 0) is 22.9 Å². The van der Waals surface area contributed by atoms with Crippen molar-refractivity contribution in [3.8, 4) is 0 Å². The minimum Gasteiger partial charge on any atom is -0.345 e. The smallest absolute Gasteiger partial charge is 0.243 e. The van der Waals surface area contributed by atoms with Crippen molar-refractivity contribution in [3.05, 3.63) is 40.9 Å². The van der Waals surface area contributed by atoms with Gasteiger partial charge in [0.2, 0.25) is 10.0 Å². The molecule has 2 aromatic rings. The van der Waals surface area contributed by atoms with Gasteiger partial charge in [-0.3, -0.25) is 0 Å². The maximum absolute atomic E-state index is 13.0. The fraction of sp³-hybridized carbons (Fsp3) is 0.471. The van der Waals surface area contributed by atoms with E-state index in [1.807, 2.05) is 17.5 Å². The lowest BCUT2D eigenvalue weighted by molar-refractivity contribution is 0.384. The van der Waals surface area contributed by atoms with Crippen LogP contribution in [0, 0.1) is 0 Å². The van der Waals surface area contributed by atoms with Gasteiger partial charge in [-0.05, 0) is 48.9 Å². The number of aromatic nitrogens is 1. The molecule has 1 aliphatic heterocycles. The molecule has 0 atom stereocenters. The van der Waals surface area contributed by atoms with Crippen molar-refractivity contribution in [1.82, 2.24) is 9.29 Å². The zero-order valence-corrected chi connectivity index (χ0v) is 15.2. The third-order valence-electron chi connectivity index (χ3n) is 4.89. The normalized spacial score (nSPS) is 19.2. The van der Waals surface area contributed by atoms with Crippen LogP contribution in [0.1, 0.15) is 24.0 Å². The number of hydrogen-bond donors (Lipinski definition) is 0. The molecular formula is C17H21N3O2S2. The van der Waals surface area contributed by atoms with Crippen molar-refractivity contribution in [1.29, 1.82) is 0 Å². The molecule has 1 aromatic carbocycles. The van der Waals surface area contributed by atoms with E-state index in [0.717, 1.165) is 24.4 Å². The average molecular weight is 364 g/mol. The highest BCUT2D eigenvalue weighted by molar-refractivity contribution is 7.89. The number of piperazine rings is 1. The molecule has 4 rings (SSSR count). The second-order valence-corrected chi connectivity index (χ2v) is 9.15. The van der Waals surface area contributed by atoms with Gasteiger partial charge in [0.05, 0.1) is 4.90 Å². The van der Waals surface area contributed by atoms with Crippen LogP contribution < -0.4 is 4.90 Å². The Morgan fingerprint density at radius 2 is 1.75 bits per heavy atom. The van der Waals surface area contributed by atoms with E-state index in [-0.39, 0.29) is 0 Å². The maximum Gasteiger partial charge on any atom is 0.243 e. The van der Waals surface area contributed by atoms with E-state index in [9.17, 15) is 8.42 Å². The average Bonchev–Trinajstić information content (AvgIpc) is 3.16. The summed E-state index contributed by atoms with van der Waals surface area (Å²) in [7, 11) is -3.40. The Morgan fingerprint density at radius 3 is 2.46 bits per heavy atom. The van der Waals surface area contributed by atoms with Crippen molar-refractivity contribution in [3.63, 3.8) is 0 Å². The number of nitrogens with zero attached hydrogens (tertiary/aromatic N) is 3. The highest BCUT2D eigenvalue weighted by atomic mass is 32.2. The van der Waals surface area contributed by atoms with E-state index in [2.05, 4.69) is 9.88 Å². The van der Waals surface area contributed by atoms with E-state index in [0.29, 0.717) is 31.1 Å². The van der Waals surface area contributed by atoms with Crippen LogP contribution in [0.4, 0.5) is 5.13 Å². The van der Waals surface area contributed by atoms with Crippen LogP contribution in [0.15, 0.2) is 34.7 Å². The summed E-state index contributed by atoms with van der Waals surface area (Å²) in [6.45, 7) is 2.41. The summed E-state index contributed by atoms with van der Waals surface area (Å²) in [5.74, 6) is 0. The first kappa shape index (κ1) is 16.1. The molecule has 1 fully saturated rings. The van der Waals surface area contributed by atoms with Crippen LogP contribution in [0.2, 0.25) is 0 Å². The molecule has 0 radical (unpaired) electrons. The number of thiazole rings is 1. The van der Waals surface area contributed by atoms with Gasteiger partial charge in [0.25, 0.3) is 0 Å². The lowest BCUT2D eigenvalue weighted by atomic mass is 9.92. The number of aryl methyl sites for hydroxylation is 2. The first-order chi connectivity index (χ1) is 11.6. The summed E-state index contributed by atoms with van der Waals surface area (Å²) in [5, 5.41) is 2.92. The van der Waals surface area contributed by atoms with Crippen LogP contribution in [0.25, 0.3) is 0 Å². The Hall–Kier alpha value is -1.44. The molecule has 5 nitrogen and oxygen atoms in total. The standard InChI is InChI=1S/C17H21N3O2S2/c21-24(22,16-6-5-14-3-1-2-4-15(14)13-16)20-10-8-19(9-11-20)17-18-7-12-23-17/h5-7,12-13H,1-4,8-11H2. The monoisotopic (exact) mass is 363 g/mol. The second kappa shape index (κ2) is 6.46. The highest BCUT2D eigenvalue weighted by Crippen LogP contribution is 2.27. The first-order valence-corrected chi connectivity index (χ1v) is 10.7. The lowest BCUT2D eigenvalue weighted by Crippen LogP contribution is -2.48. The zero-order valence-electron chi connectivity index (χ0n) is 13.5. The van der Waals surface area contributed by atoms with E-state index in [1.165, 1.54) is 17.5 Å². The second-order valence-electron chi connectivity index (χ2n) is 6.34. The summed E-state index contributed by atoms with van der Waals surface area (Å²) >= 11 is 1.60. The Labute approximate surface area is 147 Å². The van der Waals surface area contributed by atoms with Crippen molar-refractivity contribution in [2.45, 2.75) is 30.6 Å². The van der Waals surface area contributed by atoms with E-state index < -0.39 is 10.0 Å². The molecule has 24 heavy (non-hydrogen) atoms. The van der Waals surface area contributed by atoms with Crippen LogP contribution in [0.3, 0.4) is 0 Å². The quantitative estimate of drug-likeness (QED) is 0.841. The Kier molecular flexibility index (Phi) is 4.32. The summed E-state index contributed by atoms with van der Waals surface area (Å²) in [4.78, 5) is 6.92. The maximum atomic E-state index is 13.0. The van der Waals surface area contributed by atoms with E-state index in [1.54, 1.807) is 27.9 Å². The molecule has 7 heteroatoms. The molecule has 0 unspecified atom stereocenters. The van der Waals surface area contributed by atoms with E-state index >= 15 is 0 Å². The Bertz CT molecular complexity index is 810. The van der Waals surface area contributed by atoms with Crippen LogP contribution >= 0.6 is 11.3 Å². The molecule has 2 aliphatic rings. The van der Waals surface area contributed by atoms with Crippen molar-refractivity contribution < 1.29 is 8.42 Å². The summed E-state index contributed by atoms with van der Waals surface area (Å²) in [6.07, 6.45) is 6.22. The third kappa shape index (κ3) is 2.96. The van der Waals surface area contributed by atoms with Gasteiger partial charge in [0.1, 0.15) is 0 Å². The van der Waals surface area contributed by atoms with Gasteiger partial charge in [0, 0.05) is 37.8 Å². The number of benzene rings is 1. The number of hydrogen-bond acceptors (Lipinski definition) is 5. The molecule has 2 heterocycles. The molecule has 128 valence electrons. The van der Waals surface area contributed by atoms with Gasteiger partial charge in [-0.1, -0.05) is 6.07 Å². The van der Waals surface area contributed by atoms with Crippen LogP contribution in [0.5, 0.6) is 0 Å².